The molecule has 6 nitrogen and oxygen atoms in total. The van der Waals surface area contributed by atoms with Crippen LogP contribution in [-0.4, -0.2) is 50.3 Å². The molecule has 1 unspecified atom stereocenters. The number of ether oxygens (including phenoxy) is 1. The highest BCUT2D eigenvalue weighted by atomic mass is 16.5. The standard InChI is InChI=1S/C8H16N2O4/c1-9-4-3-7(11)10-5-6(14-2)8(12)13/h6,9H,3-5H2,1-2H3,(H,10,11)(H,12,13). The van der Waals surface area contributed by atoms with Crippen molar-refractivity contribution in [3.05, 3.63) is 0 Å². The van der Waals surface area contributed by atoms with E-state index < -0.39 is 12.1 Å². The summed E-state index contributed by atoms with van der Waals surface area (Å²) in [5.41, 5.74) is 0. The van der Waals surface area contributed by atoms with E-state index >= 15 is 0 Å². The van der Waals surface area contributed by atoms with Crippen LogP contribution in [0.25, 0.3) is 0 Å². The Labute approximate surface area is 82.6 Å². The molecule has 0 saturated heterocycles. The Morgan fingerprint density at radius 3 is 2.57 bits per heavy atom. The first-order valence-electron chi connectivity index (χ1n) is 4.28. The predicted octanol–water partition coefficient (Wildman–Crippen LogP) is -1.19. The van der Waals surface area contributed by atoms with E-state index in [0.717, 1.165) is 0 Å². The fourth-order valence-electron chi connectivity index (χ4n) is 0.805. The number of nitrogens with one attached hydrogen (secondary N) is 2. The van der Waals surface area contributed by atoms with Crippen LogP contribution in [0.4, 0.5) is 0 Å². The minimum atomic E-state index is -1.08. The smallest absolute Gasteiger partial charge is 0.334 e. The molecule has 82 valence electrons. The summed E-state index contributed by atoms with van der Waals surface area (Å²) in [6, 6.07) is 0. The van der Waals surface area contributed by atoms with Crippen LogP contribution in [-0.2, 0) is 14.3 Å². The second-order valence-electron chi connectivity index (χ2n) is 2.72. The zero-order valence-electron chi connectivity index (χ0n) is 8.37. The van der Waals surface area contributed by atoms with Crippen molar-refractivity contribution in [1.82, 2.24) is 10.6 Å². The molecule has 0 aliphatic carbocycles. The Morgan fingerprint density at radius 2 is 2.14 bits per heavy atom. The molecule has 0 aromatic heterocycles. The second kappa shape index (κ2) is 7.28. The van der Waals surface area contributed by atoms with Crippen LogP contribution in [0.15, 0.2) is 0 Å². The fraction of sp³-hybridized carbons (Fsp3) is 0.750. The van der Waals surface area contributed by atoms with Gasteiger partial charge in [-0.1, -0.05) is 0 Å². The molecule has 6 heteroatoms. The van der Waals surface area contributed by atoms with E-state index in [-0.39, 0.29) is 12.5 Å². The van der Waals surface area contributed by atoms with Crippen molar-refractivity contribution >= 4 is 11.9 Å². The SMILES string of the molecule is CNCCC(=O)NCC(OC)C(=O)O. The Bertz CT molecular complexity index is 196. The van der Waals surface area contributed by atoms with E-state index in [1.807, 2.05) is 0 Å². The molecule has 0 aromatic rings. The summed E-state index contributed by atoms with van der Waals surface area (Å²) in [6.45, 7) is 0.560. The summed E-state index contributed by atoms with van der Waals surface area (Å²) in [4.78, 5) is 21.5. The Kier molecular flexibility index (Phi) is 6.69. The molecule has 0 aliphatic rings. The highest BCUT2D eigenvalue weighted by molar-refractivity contribution is 5.78. The van der Waals surface area contributed by atoms with Gasteiger partial charge in [0.2, 0.25) is 5.91 Å². The molecule has 3 N–H and O–H groups in total. The number of hydrogen-bond donors (Lipinski definition) is 3. The van der Waals surface area contributed by atoms with Gasteiger partial charge in [0, 0.05) is 20.1 Å². The van der Waals surface area contributed by atoms with Crippen molar-refractivity contribution in [3.8, 4) is 0 Å². The summed E-state index contributed by atoms with van der Waals surface area (Å²) in [7, 11) is 3.03. The van der Waals surface area contributed by atoms with Gasteiger partial charge >= 0.3 is 5.97 Å². The first kappa shape index (κ1) is 12.9. The molecular weight excluding hydrogens is 188 g/mol. The Morgan fingerprint density at radius 1 is 1.50 bits per heavy atom. The maximum absolute atomic E-state index is 11.0. The number of hydrogen-bond acceptors (Lipinski definition) is 4. The quantitative estimate of drug-likeness (QED) is 0.485. The van der Waals surface area contributed by atoms with E-state index in [0.29, 0.717) is 13.0 Å². The number of carbonyl (C=O) groups is 2. The van der Waals surface area contributed by atoms with E-state index in [1.165, 1.54) is 7.11 Å². The first-order chi connectivity index (χ1) is 6.61. The molecule has 1 atom stereocenters. The monoisotopic (exact) mass is 204 g/mol. The number of methoxy groups -OCH3 is 1. The van der Waals surface area contributed by atoms with E-state index in [2.05, 4.69) is 15.4 Å². The molecule has 0 spiro atoms. The average molecular weight is 204 g/mol. The summed E-state index contributed by atoms with van der Waals surface area (Å²) < 4.78 is 4.64. The number of aliphatic carboxylic acids is 1. The van der Waals surface area contributed by atoms with Crippen molar-refractivity contribution in [3.63, 3.8) is 0 Å². The predicted molar refractivity (Wildman–Crippen MR) is 50.0 cm³/mol. The van der Waals surface area contributed by atoms with Crippen LogP contribution in [0.2, 0.25) is 0 Å². The fourth-order valence-corrected chi connectivity index (χ4v) is 0.805. The highest BCUT2D eigenvalue weighted by Crippen LogP contribution is 1.88. The molecule has 0 bridgehead atoms. The number of rotatable bonds is 7. The molecule has 0 fully saturated rings. The molecule has 0 rings (SSSR count). The van der Waals surface area contributed by atoms with Gasteiger partial charge in [0.1, 0.15) is 0 Å². The minimum Gasteiger partial charge on any atom is -0.479 e. The maximum atomic E-state index is 11.0. The van der Waals surface area contributed by atoms with Crippen LogP contribution >= 0.6 is 0 Å². The average Bonchev–Trinajstić information content (AvgIpc) is 2.15. The molecule has 0 aromatic carbocycles. The van der Waals surface area contributed by atoms with Crippen molar-refractivity contribution in [2.75, 3.05) is 27.2 Å². The van der Waals surface area contributed by atoms with Crippen molar-refractivity contribution in [1.29, 1.82) is 0 Å². The molecule has 0 heterocycles. The van der Waals surface area contributed by atoms with Gasteiger partial charge in [-0.05, 0) is 7.05 Å². The number of carboxylic acid groups (broad SMARTS) is 1. The molecule has 14 heavy (non-hydrogen) atoms. The number of carboxylic acids is 1. The van der Waals surface area contributed by atoms with Crippen molar-refractivity contribution < 1.29 is 19.4 Å². The van der Waals surface area contributed by atoms with Gasteiger partial charge in [-0.2, -0.15) is 0 Å². The van der Waals surface area contributed by atoms with Gasteiger partial charge in [0.25, 0.3) is 0 Å². The third-order valence-electron chi connectivity index (χ3n) is 1.65. The molecule has 1 amide bonds. The van der Waals surface area contributed by atoms with E-state index in [9.17, 15) is 9.59 Å². The lowest BCUT2D eigenvalue weighted by Crippen LogP contribution is -2.38. The van der Waals surface area contributed by atoms with Gasteiger partial charge < -0.3 is 20.5 Å². The second-order valence-corrected chi connectivity index (χ2v) is 2.72. The molecule has 0 aliphatic heterocycles. The van der Waals surface area contributed by atoms with Crippen LogP contribution in [0.3, 0.4) is 0 Å². The summed E-state index contributed by atoms with van der Waals surface area (Å²) in [6.07, 6.45) is -0.652. The van der Waals surface area contributed by atoms with Crippen molar-refractivity contribution in [2.24, 2.45) is 0 Å². The molecular formula is C8H16N2O4. The summed E-state index contributed by atoms with van der Waals surface area (Å²) in [5.74, 6) is -1.27. The van der Waals surface area contributed by atoms with Crippen LogP contribution in [0, 0.1) is 0 Å². The zero-order chi connectivity index (χ0) is 11.0. The Balaban J connectivity index is 3.68. The van der Waals surface area contributed by atoms with Crippen LogP contribution in [0.5, 0.6) is 0 Å². The largest absolute Gasteiger partial charge is 0.479 e. The lowest BCUT2D eigenvalue weighted by atomic mass is 10.3. The molecule has 0 radical (unpaired) electrons. The topological polar surface area (TPSA) is 87.7 Å². The highest BCUT2D eigenvalue weighted by Gasteiger charge is 2.16. The van der Waals surface area contributed by atoms with E-state index in [4.69, 9.17) is 5.11 Å². The normalized spacial score (nSPS) is 12.1. The van der Waals surface area contributed by atoms with Gasteiger partial charge in [-0.15, -0.1) is 0 Å². The van der Waals surface area contributed by atoms with Crippen LogP contribution in [0.1, 0.15) is 6.42 Å². The Hall–Kier alpha value is -1.14. The van der Waals surface area contributed by atoms with Crippen LogP contribution < -0.4 is 10.6 Å². The number of carbonyl (C=O) groups excluding carboxylic acids is 1. The third-order valence-corrected chi connectivity index (χ3v) is 1.65. The lowest BCUT2D eigenvalue weighted by molar-refractivity contribution is -0.148. The third kappa shape index (κ3) is 5.50. The number of amides is 1. The lowest BCUT2D eigenvalue weighted by Gasteiger charge is -2.11. The first-order valence-corrected chi connectivity index (χ1v) is 4.28. The van der Waals surface area contributed by atoms with Gasteiger partial charge in [0.15, 0.2) is 6.10 Å². The molecule has 0 saturated carbocycles. The van der Waals surface area contributed by atoms with E-state index in [1.54, 1.807) is 7.05 Å². The van der Waals surface area contributed by atoms with Gasteiger partial charge in [-0.3, -0.25) is 4.79 Å². The van der Waals surface area contributed by atoms with Gasteiger partial charge in [0.05, 0.1) is 6.54 Å². The van der Waals surface area contributed by atoms with Crippen molar-refractivity contribution in [2.45, 2.75) is 12.5 Å². The summed E-state index contributed by atoms with van der Waals surface area (Å²) in [5, 5.41) is 13.9. The zero-order valence-corrected chi connectivity index (χ0v) is 8.37. The van der Waals surface area contributed by atoms with Gasteiger partial charge in [-0.25, -0.2) is 4.79 Å². The minimum absolute atomic E-state index is 0.00557. The summed E-state index contributed by atoms with van der Waals surface area (Å²) >= 11 is 0. The maximum Gasteiger partial charge on any atom is 0.334 e.